The number of H-pyrrole nitrogens is 1. The number of thiocarbonyl (C=S) groups is 1. The summed E-state index contributed by atoms with van der Waals surface area (Å²) in [6.45, 7) is 4.15. The van der Waals surface area contributed by atoms with Gasteiger partial charge in [0.05, 0.1) is 11.7 Å². The fourth-order valence-electron chi connectivity index (χ4n) is 3.43. The minimum Gasteiger partial charge on any atom is -0.361 e. The summed E-state index contributed by atoms with van der Waals surface area (Å²) in [6, 6.07) is 16.5. The van der Waals surface area contributed by atoms with Gasteiger partial charge in [0.25, 0.3) is 0 Å². The van der Waals surface area contributed by atoms with Crippen LogP contribution in [0.3, 0.4) is 0 Å². The standard InChI is InChI=1S/C20H19BrN4S/c1-12-11-14(7-8-15(12)21)25-19(17-9-6-13(2)23-17)18(24-20(25)26)16-5-3-4-10-22-16/h3-11,18-19,23H,1-2H3,(H,24,26)/t18-,19-/m1/s1. The zero-order valence-corrected chi connectivity index (χ0v) is 16.9. The second kappa shape index (κ2) is 6.85. The Kier molecular flexibility index (Phi) is 4.54. The van der Waals surface area contributed by atoms with E-state index in [0.29, 0.717) is 5.11 Å². The Hall–Kier alpha value is -2.18. The number of halogens is 1. The van der Waals surface area contributed by atoms with E-state index in [1.165, 1.54) is 5.56 Å². The van der Waals surface area contributed by atoms with E-state index in [1.54, 1.807) is 0 Å². The topological polar surface area (TPSA) is 44.0 Å². The Labute approximate surface area is 166 Å². The van der Waals surface area contributed by atoms with Crippen LogP contribution < -0.4 is 10.2 Å². The molecule has 0 amide bonds. The third-order valence-corrected chi connectivity index (χ3v) is 5.90. The molecule has 1 aliphatic rings. The molecule has 2 aromatic heterocycles. The van der Waals surface area contributed by atoms with E-state index >= 15 is 0 Å². The molecule has 26 heavy (non-hydrogen) atoms. The highest BCUT2D eigenvalue weighted by molar-refractivity contribution is 9.10. The maximum Gasteiger partial charge on any atom is 0.174 e. The van der Waals surface area contributed by atoms with Crippen molar-refractivity contribution in [2.24, 2.45) is 0 Å². The number of benzene rings is 1. The van der Waals surface area contributed by atoms with Gasteiger partial charge in [-0.15, -0.1) is 0 Å². The first-order valence-corrected chi connectivity index (χ1v) is 9.67. The number of rotatable bonds is 3. The molecule has 0 saturated carbocycles. The van der Waals surface area contributed by atoms with Gasteiger partial charge in [-0.3, -0.25) is 4.98 Å². The molecule has 0 aliphatic carbocycles. The third-order valence-electron chi connectivity index (χ3n) is 4.69. The number of nitrogens with zero attached hydrogens (tertiary/aromatic N) is 2. The summed E-state index contributed by atoms with van der Waals surface area (Å²) in [4.78, 5) is 10.2. The number of aromatic nitrogens is 2. The average molecular weight is 427 g/mol. The Balaban J connectivity index is 1.83. The second-order valence-corrected chi connectivity index (χ2v) is 7.77. The number of anilines is 1. The fraction of sp³-hybridized carbons (Fsp3) is 0.200. The summed E-state index contributed by atoms with van der Waals surface area (Å²) in [5.41, 5.74) is 5.46. The van der Waals surface area contributed by atoms with Crippen LogP contribution in [0.15, 0.2) is 59.2 Å². The maximum atomic E-state index is 5.72. The van der Waals surface area contributed by atoms with Crippen LogP contribution >= 0.6 is 28.1 Å². The molecule has 6 heteroatoms. The Morgan fingerprint density at radius 2 is 1.96 bits per heavy atom. The minimum absolute atomic E-state index is 0.00618. The van der Waals surface area contributed by atoms with E-state index in [4.69, 9.17) is 12.2 Å². The van der Waals surface area contributed by atoms with Gasteiger partial charge in [-0.1, -0.05) is 22.0 Å². The number of hydrogen-bond donors (Lipinski definition) is 2. The molecule has 4 nitrogen and oxygen atoms in total. The Bertz CT molecular complexity index is 953. The van der Waals surface area contributed by atoms with Gasteiger partial charge in [-0.25, -0.2) is 0 Å². The highest BCUT2D eigenvalue weighted by atomic mass is 79.9. The van der Waals surface area contributed by atoms with Crippen LogP contribution in [-0.4, -0.2) is 15.1 Å². The molecular formula is C20H19BrN4S. The number of hydrogen-bond acceptors (Lipinski definition) is 2. The van der Waals surface area contributed by atoms with E-state index in [1.807, 2.05) is 24.4 Å². The zero-order valence-electron chi connectivity index (χ0n) is 14.5. The summed E-state index contributed by atoms with van der Waals surface area (Å²) in [6.07, 6.45) is 1.82. The highest BCUT2D eigenvalue weighted by Crippen LogP contribution is 2.41. The van der Waals surface area contributed by atoms with Gasteiger partial charge in [0.1, 0.15) is 6.04 Å². The van der Waals surface area contributed by atoms with Crippen molar-refractivity contribution in [3.8, 4) is 0 Å². The molecule has 2 atom stereocenters. The van der Waals surface area contributed by atoms with Gasteiger partial charge < -0.3 is 15.2 Å². The quantitative estimate of drug-likeness (QED) is 0.580. The van der Waals surface area contributed by atoms with Crippen LogP contribution in [0.25, 0.3) is 0 Å². The smallest absolute Gasteiger partial charge is 0.174 e. The van der Waals surface area contributed by atoms with E-state index in [2.05, 4.69) is 80.3 Å². The molecule has 1 saturated heterocycles. The number of pyridine rings is 1. The van der Waals surface area contributed by atoms with Crippen molar-refractivity contribution in [2.45, 2.75) is 25.9 Å². The number of aromatic amines is 1. The van der Waals surface area contributed by atoms with E-state index in [9.17, 15) is 0 Å². The molecule has 0 unspecified atom stereocenters. The van der Waals surface area contributed by atoms with E-state index < -0.39 is 0 Å². The molecule has 132 valence electrons. The summed E-state index contributed by atoms with van der Waals surface area (Å²) in [5.74, 6) is 0. The lowest BCUT2D eigenvalue weighted by atomic mass is 10.0. The van der Waals surface area contributed by atoms with Crippen molar-refractivity contribution in [2.75, 3.05) is 4.90 Å². The lowest BCUT2D eigenvalue weighted by Gasteiger charge is -2.27. The molecule has 4 rings (SSSR count). The molecule has 3 aromatic rings. The molecule has 0 radical (unpaired) electrons. The van der Waals surface area contributed by atoms with Gasteiger partial charge in [0.2, 0.25) is 0 Å². The molecule has 0 spiro atoms. The van der Waals surface area contributed by atoms with E-state index in [-0.39, 0.29) is 12.1 Å². The van der Waals surface area contributed by atoms with Crippen LogP contribution in [0.2, 0.25) is 0 Å². The van der Waals surface area contributed by atoms with Crippen LogP contribution in [0, 0.1) is 13.8 Å². The molecule has 3 heterocycles. The van der Waals surface area contributed by atoms with Gasteiger partial charge in [-0.05, 0) is 74.1 Å². The molecule has 2 N–H and O–H groups in total. The van der Waals surface area contributed by atoms with Crippen molar-refractivity contribution in [3.05, 3.63) is 81.8 Å². The van der Waals surface area contributed by atoms with Crippen LogP contribution in [-0.2, 0) is 0 Å². The average Bonchev–Trinajstić information content (AvgIpc) is 3.21. The largest absolute Gasteiger partial charge is 0.361 e. The van der Waals surface area contributed by atoms with Crippen LogP contribution in [0.4, 0.5) is 5.69 Å². The summed E-state index contributed by atoms with van der Waals surface area (Å²) in [5, 5.41) is 4.18. The van der Waals surface area contributed by atoms with Crippen molar-refractivity contribution >= 4 is 38.9 Å². The lowest BCUT2D eigenvalue weighted by molar-refractivity contribution is 0.558. The van der Waals surface area contributed by atoms with Gasteiger partial charge >= 0.3 is 0 Å². The monoisotopic (exact) mass is 426 g/mol. The van der Waals surface area contributed by atoms with Gasteiger partial charge in [0, 0.05) is 27.7 Å². The summed E-state index contributed by atoms with van der Waals surface area (Å²) in [7, 11) is 0. The third kappa shape index (κ3) is 3.04. The number of aryl methyl sites for hydroxylation is 2. The summed E-state index contributed by atoms with van der Waals surface area (Å²) < 4.78 is 1.09. The van der Waals surface area contributed by atoms with Crippen LogP contribution in [0.5, 0.6) is 0 Å². The molecule has 0 bridgehead atoms. The second-order valence-electron chi connectivity index (χ2n) is 6.53. The first kappa shape index (κ1) is 17.2. The highest BCUT2D eigenvalue weighted by Gasteiger charge is 2.41. The zero-order chi connectivity index (χ0) is 18.3. The van der Waals surface area contributed by atoms with Gasteiger partial charge in [0.15, 0.2) is 5.11 Å². The van der Waals surface area contributed by atoms with Crippen molar-refractivity contribution < 1.29 is 0 Å². The Morgan fingerprint density at radius 3 is 2.62 bits per heavy atom. The predicted molar refractivity (Wildman–Crippen MR) is 112 cm³/mol. The maximum absolute atomic E-state index is 5.72. The normalized spacial score (nSPS) is 19.7. The van der Waals surface area contributed by atoms with E-state index in [0.717, 1.165) is 27.2 Å². The van der Waals surface area contributed by atoms with Crippen molar-refractivity contribution in [1.82, 2.24) is 15.3 Å². The Morgan fingerprint density at radius 1 is 1.12 bits per heavy atom. The summed E-state index contributed by atoms with van der Waals surface area (Å²) >= 11 is 9.30. The van der Waals surface area contributed by atoms with Gasteiger partial charge in [-0.2, -0.15) is 0 Å². The number of nitrogens with one attached hydrogen (secondary N) is 2. The molecule has 1 aromatic carbocycles. The minimum atomic E-state index is -0.0225. The molecule has 1 aliphatic heterocycles. The van der Waals surface area contributed by atoms with Crippen molar-refractivity contribution in [1.29, 1.82) is 0 Å². The molecule has 1 fully saturated rings. The molecular weight excluding hydrogens is 408 g/mol. The first-order valence-electron chi connectivity index (χ1n) is 8.47. The SMILES string of the molecule is Cc1ccc([C@@H]2[C@@H](c3ccccn3)NC(=S)N2c2ccc(Br)c(C)c2)[nH]1. The lowest BCUT2D eigenvalue weighted by Crippen LogP contribution is -2.29. The first-order chi connectivity index (χ1) is 12.5. The van der Waals surface area contributed by atoms with Crippen LogP contribution in [0.1, 0.15) is 34.7 Å². The van der Waals surface area contributed by atoms with Crippen molar-refractivity contribution in [3.63, 3.8) is 0 Å². The predicted octanol–water partition coefficient (Wildman–Crippen LogP) is 4.97. The fourth-order valence-corrected chi connectivity index (χ4v) is 4.02.